The number of aliphatic hydroxyl groups excluding tert-OH is 1. The summed E-state index contributed by atoms with van der Waals surface area (Å²) in [5.41, 5.74) is -0.0777. The van der Waals surface area contributed by atoms with Gasteiger partial charge in [-0.05, 0) is 26.3 Å². The van der Waals surface area contributed by atoms with Gasteiger partial charge in [-0.3, -0.25) is 10.1 Å². The van der Waals surface area contributed by atoms with Crippen LogP contribution in [-0.2, 0) is 0 Å². The molecule has 1 N–H and O–H groups in total. The Balaban J connectivity index is 3.16. The summed E-state index contributed by atoms with van der Waals surface area (Å²) in [5, 5.41) is 20.1. The summed E-state index contributed by atoms with van der Waals surface area (Å²) in [6.07, 6.45) is 0.517. The first-order valence-electron chi connectivity index (χ1n) is 5.65. The van der Waals surface area contributed by atoms with Crippen molar-refractivity contribution >= 4 is 23.1 Å². The van der Waals surface area contributed by atoms with Gasteiger partial charge in [0.05, 0.1) is 4.92 Å². The van der Waals surface area contributed by atoms with Gasteiger partial charge >= 0.3 is 5.69 Å². The molecule has 0 spiro atoms. The molecule has 0 bridgehead atoms. The second-order valence-electron chi connectivity index (χ2n) is 4.10. The molecule has 0 aromatic carbocycles. The summed E-state index contributed by atoms with van der Waals surface area (Å²) >= 11 is 5.79. The molecule has 1 aromatic rings. The van der Waals surface area contributed by atoms with Crippen LogP contribution in [0.1, 0.15) is 20.3 Å². The van der Waals surface area contributed by atoms with Gasteiger partial charge in [0.25, 0.3) is 0 Å². The molecule has 1 heterocycles. The lowest BCUT2D eigenvalue weighted by Gasteiger charge is -2.27. The third-order valence-corrected chi connectivity index (χ3v) is 2.68. The average molecular weight is 274 g/mol. The Morgan fingerprint density at radius 2 is 2.22 bits per heavy atom. The van der Waals surface area contributed by atoms with E-state index in [1.165, 1.54) is 12.1 Å². The van der Waals surface area contributed by atoms with Crippen molar-refractivity contribution in [1.29, 1.82) is 0 Å². The van der Waals surface area contributed by atoms with Crippen molar-refractivity contribution in [3.05, 3.63) is 27.4 Å². The molecule has 0 aliphatic heterocycles. The Kier molecular flexibility index (Phi) is 5.30. The van der Waals surface area contributed by atoms with E-state index in [1.54, 1.807) is 4.90 Å². The number of hydrogen-bond acceptors (Lipinski definition) is 5. The van der Waals surface area contributed by atoms with Crippen molar-refractivity contribution in [2.24, 2.45) is 0 Å². The SMILES string of the molecule is CC(C)N(CCCO)c1nc(Cl)ccc1[N+](=O)[O-]. The summed E-state index contributed by atoms with van der Waals surface area (Å²) in [6, 6.07) is 2.77. The second-order valence-corrected chi connectivity index (χ2v) is 4.49. The van der Waals surface area contributed by atoms with Crippen LogP contribution in [0.15, 0.2) is 12.1 Å². The molecule has 0 amide bonds. The molecular weight excluding hydrogens is 258 g/mol. The van der Waals surface area contributed by atoms with Gasteiger partial charge in [0.2, 0.25) is 5.82 Å². The van der Waals surface area contributed by atoms with Gasteiger partial charge in [0, 0.05) is 25.3 Å². The predicted molar refractivity (Wildman–Crippen MR) is 70.1 cm³/mol. The molecule has 0 atom stereocenters. The fraction of sp³-hybridized carbons (Fsp3) is 0.545. The maximum atomic E-state index is 11.0. The van der Waals surface area contributed by atoms with Gasteiger partial charge in [-0.15, -0.1) is 0 Å². The summed E-state index contributed by atoms with van der Waals surface area (Å²) in [6.45, 7) is 4.33. The molecule has 18 heavy (non-hydrogen) atoms. The van der Waals surface area contributed by atoms with Gasteiger partial charge < -0.3 is 10.0 Å². The van der Waals surface area contributed by atoms with E-state index >= 15 is 0 Å². The number of aliphatic hydroxyl groups is 1. The van der Waals surface area contributed by atoms with Crippen molar-refractivity contribution in [3.63, 3.8) is 0 Å². The van der Waals surface area contributed by atoms with Crippen LogP contribution in [0.2, 0.25) is 5.15 Å². The number of nitrogens with zero attached hydrogens (tertiary/aromatic N) is 3. The summed E-state index contributed by atoms with van der Waals surface area (Å²) in [5.74, 6) is 0.246. The number of halogens is 1. The topological polar surface area (TPSA) is 79.5 Å². The van der Waals surface area contributed by atoms with Crippen LogP contribution in [0.3, 0.4) is 0 Å². The number of hydrogen-bond donors (Lipinski definition) is 1. The molecule has 0 aliphatic rings. The molecule has 0 fully saturated rings. The highest BCUT2D eigenvalue weighted by Gasteiger charge is 2.23. The zero-order valence-corrected chi connectivity index (χ0v) is 11.1. The van der Waals surface area contributed by atoms with Crippen molar-refractivity contribution < 1.29 is 10.0 Å². The highest BCUT2D eigenvalue weighted by Crippen LogP contribution is 2.29. The molecule has 0 unspecified atom stereocenters. The average Bonchev–Trinajstić information content (AvgIpc) is 2.28. The number of rotatable bonds is 6. The fourth-order valence-electron chi connectivity index (χ4n) is 1.62. The van der Waals surface area contributed by atoms with Crippen molar-refractivity contribution in [3.8, 4) is 0 Å². The largest absolute Gasteiger partial charge is 0.396 e. The Labute approximate surface area is 110 Å². The predicted octanol–water partition coefficient (Wildman–Crippen LogP) is 2.24. The number of aromatic nitrogens is 1. The van der Waals surface area contributed by atoms with Gasteiger partial charge in [-0.2, -0.15) is 0 Å². The lowest BCUT2D eigenvalue weighted by molar-refractivity contribution is -0.384. The lowest BCUT2D eigenvalue weighted by Crippen LogP contribution is -2.33. The standard InChI is InChI=1S/C11H16ClN3O3/c1-8(2)14(6-3-7-16)11-9(15(17)18)4-5-10(12)13-11/h4-5,8,16H,3,6-7H2,1-2H3. The van der Waals surface area contributed by atoms with Crippen LogP contribution in [0.4, 0.5) is 11.5 Å². The third-order valence-electron chi connectivity index (χ3n) is 2.47. The highest BCUT2D eigenvalue weighted by atomic mass is 35.5. The number of anilines is 1. The molecule has 6 nitrogen and oxygen atoms in total. The van der Waals surface area contributed by atoms with Gasteiger partial charge in [0.15, 0.2) is 0 Å². The van der Waals surface area contributed by atoms with Gasteiger partial charge in [0.1, 0.15) is 5.15 Å². The van der Waals surface area contributed by atoms with Crippen molar-refractivity contribution in [1.82, 2.24) is 4.98 Å². The molecule has 0 saturated carbocycles. The summed E-state index contributed by atoms with van der Waals surface area (Å²) < 4.78 is 0. The van der Waals surface area contributed by atoms with E-state index in [0.717, 1.165) is 0 Å². The maximum absolute atomic E-state index is 11.0. The van der Waals surface area contributed by atoms with Crippen LogP contribution in [0, 0.1) is 10.1 Å². The van der Waals surface area contributed by atoms with Crippen molar-refractivity contribution in [2.45, 2.75) is 26.3 Å². The Bertz CT molecular complexity index is 426. The minimum absolute atomic E-state index is 0.0254. The van der Waals surface area contributed by atoms with Gasteiger partial charge in [-0.25, -0.2) is 4.98 Å². The van der Waals surface area contributed by atoms with Gasteiger partial charge in [-0.1, -0.05) is 11.6 Å². The monoisotopic (exact) mass is 273 g/mol. The van der Waals surface area contributed by atoms with Crippen LogP contribution in [-0.4, -0.2) is 34.2 Å². The zero-order chi connectivity index (χ0) is 13.7. The first-order chi connectivity index (χ1) is 8.47. The van der Waals surface area contributed by atoms with E-state index in [4.69, 9.17) is 16.7 Å². The Hall–Kier alpha value is -1.40. The Morgan fingerprint density at radius 1 is 1.56 bits per heavy atom. The van der Waals surface area contributed by atoms with E-state index in [1.807, 2.05) is 13.8 Å². The summed E-state index contributed by atoms with van der Waals surface area (Å²) in [4.78, 5) is 16.3. The molecule has 0 aliphatic carbocycles. The van der Waals surface area contributed by atoms with Crippen LogP contribution >= 0.6 is 11.6 Å². The van der Waals surface area contributed by atoms with E-state index in [0.29, 0.717) is 13.0 Å². The van der Waals surface area contributed by atoms with Crippen LogP contribution < -0.4 is 4.90 Å². The summed E-state index contributed by atoms with van der Waals surface area (Å²) in [7, 11) is 0. The van der Waals surface area contributed by atoms with E-state index < -0.39 is 4.92 Å². The smallest absolute Gasteiger partial charge is 0.311 e. The number of nitro groups is 1. The molecule has 7 heteroatoms. The molecule has 1 rings (SSSR count). The molecule has 1 aromatic heterocycles. The minimum Gasteiger partial charge on any atom is -0.396 e. The fourth-order valence-corrected chi connectivity index (χ4v) is 1.76. The first-order valence-corrected chi connectivity index (χ1v) is 6.03. The lowest BCUT2D eigenvalue weighted by atomic mass is 10.2. The van der Waals surface area contributed by atoms with Crippen molar-refractivity contribution in [2.75, 3.05) is 18.1 Å². The third kappa shape index (κ3) is 3.54. The number of pyridine rings is 1. The minimum atomic E-state index is -0.479. The van der Waals surface area contributed by atoms with Crippen LogP contribution in [0.25, 0.3) is 0 Å². The highest BCUT2D eigenvalue weighted by molar-refractivity contribution is 6.29. The zero-order valence-electron chi connectivity index (χ0n) is 10.3. The Morgan fingerprint density at radius 3 is 2.72 bits per heavy atom. The van der Waals surface area contributed by atoms with E-state index in [2.05, 4.69) is 4.98 Å². The van der Waals surface area contributed by atoms with E-state index in [-0.39, 0.29) is 29.3 Å². The molecule has 0 saturated heterocycles. The maximum Gasteiger partial charge on any atom is 0.311 e. The molecule has 100 valence electrons. The quantitative estimate of drug-likeness (QED) is 0.488. The molecular formula is C11H16ClN3O3. The van der Waals surface area contributed by atoms with E-state index in [9.17, 15) is 10.1 Å². The van der Waals surface area contributed by atoms with Crippen LogP contribution in [0.5, 0.6) is 0 Å². The second kappa shape index (κ2) is 6.51. The normalized spacial score (nSPS) is 10.7. The molecule has 0 radical (unpaired) electrons. The first kappa shape index (κ1) is 14.7.